The van der Waals surface area contributed by atoms with Gasteiger partial charge in [0, 0.05) is 25.3 Å². The molecule has 0 atom stereocenters. The van der Waals surface area contributed by atoms with Crippen LogP contribution in [0.25, 0.3) is 0 Å². The predicted molar refractivity (Wildman–Crippen MR) is 57.1 cm³/mol. The molecule has 1 aromatic rings. The number of rotatable bonds is 1. The molecular weight excluding hydrogens is 253 g/mol. The summed E-state index contributed by atoms with van der Waals surface area (Å²) in [4.78, 5) is 6.34. The molecule has 0 radical (unpaired) electrons. The van der Waals surface area contributed by atoms with Crippen molar-refractivity contribution in [3.63, 3.8) is 0 Å². The molecule has 2 rings (SSSR count). The van der Waals surface area contributed by atoms with Crippen LogP contribution in [0.1, 0.15) is 0 Å². The van der Waals surface area contributed by atoms with Gasteiger partial charge in [-0.25, -0.2) is 4.98 Å². The van der Waals surface area contributed by atoms with Crippen LogP contribution in [0.5, 0.6) is 0 Å². The maximum Gasteiger partial charge on any atom is 0.143 e. The molecule has 3 nitrogen and oxygen atoms in total. The first kappa shape index (κ1) is 9.24. The Bertz CT molecular complexity index is 325. The summed E-state index contributed by atoms with van der Waals surface area (Å²) in [6.07, 6.45) is 1.64. The molecule has 2 N–H and O–H groups in total. The van der Waals surface area contributed by atoms with E-state index in [1.165, 1.54) is 0 Å². The first-order chi connectivity index (χ1) is 6.16. The Morgan fingerprint density at radius 1 is 1.62 bits per heavy atom. The van der Waals surface area contributed by atoms with Crippen molar-refractivity contribution in [3.05, 3.63) is 21.8 Å². The lowest BCUT2D eigenvalue weighted by molar-refractivity contribution is 0.514. The van der Waals surface area contributed by atoms with Crippen molar-refractivity contribution in [1.82, 2.24) is 4.98 Å². The van der Waals surface area contributed by atoms with Crippen LogP contribution in [-0.4, -0.2) is 24.1 Å². The summed E-state index contributed by atoms with van der Waals surface area (Å²) < 4.78 is 0.923. The van der Waals surface area contributed by atoms with E-state index in [2.05, 4.69) is 25.8 Å². The molecule has 1 aliphatic heterocycles. The van der Waals surface area contributed by atoms with Crippen LogP contribution in [0.2, 0.25) is 5.02 Å². The quantitative estimate of drug-likeness (QED) is 0.837. The molecule has 0 unspecified atom stereocenters. The second kappa shape index (κ2) is 3.44. The standard InChI is InChI=1S/C8H9BrClN3/c9-7-1-5(10)2-12-8(7)13-3-6(11)4-13/h1-2,6H,3-4,11H2. The van der Waals surface area contributed by atoms with Gasteiger partial charge in [-0.3, -0.25) is 0 Å². The lowest BCUT2D eigenvalue weighted by Crippen LogP contribution is -2.56. The number of aromatic nitrogens is 1. The molecule has 1 saturated heterocycles. The third-order valence-electron chi connectivity index (χ3n) is 2.00. The Morgan fingerprint density at radius 2 is 2.31 bits per heavy atom. The van der Waals surface area contributed by atoms with Gasteiger partial charge >= 0.3 is 0 Å². The minimum absolute atomic E-state index is 0.282. The summed E-state index contributed by atoms with van der Waals surface area (Å²) in [5.41, 5.74) is 5.68. The molecule has 70 valence electrons. The van der Waals surface area contributed by atoms with E-state index in [0.717, 1.165) is 23.4 Å². The van der Waals surface area contributed by atoms with E-state index in [1.54, 1.807) is 6.20 Å². The van der Waals surface area contributed by atoms with Crippen LogP contribution >= 0.6 is 27.5 Å². The molecule has 1 aromatic heterocycles. The summed E-state index contributed by atoms with van der Waals surface area (Å²) in [5, 5.41) is 0.639. The molecule has 5 heteroatoms. The smallest absolute Gasteiger partial charge is 0.143 e. The zero-order chi connectivity index (χ0) is 9.42. The van der Waals surface area contributed by atoms with Crippen molar-refractivity contribution in [1.29, 1.82) is 0 Å². The Hall–Kier alpha value is -0.320. The minimum Gasteiger partial charge on any atom is -0.352 e. The number of hydrogen-bond acceptors (Lipinski definition) is 3. The van der Waals surface area contributed by atoms with Gasteiger partial charge in [0.2, 0.25) is 0 Å². The Morgan fingerprint density at radius 3 is 2.85 bits per heavy atom. The normalized spacial score (nSPS) is 17.3. The van der Waals surface area contributed by atoms with Gasteiger partial charge in [-0.1, -0.05) is 11.6 Å². The van der Waals surface area contributed by atoms with Crippen LogP contribution < -0.4 is 10.6 Å². The highest BCUT2D eigenvalue weighted by Gasteiger charge is 2.25. The van der Waals surface area contributed by atoms with E-state index in [4.69, 9.17) is 17.3 Å². The third-order valence-corrected chi connectivity index (χ3v) is 2.79. The summed E-state index contributed by atoms with van der Waals surface area (Å²) in [5.74, 6) is 0.922. The molecule has 0 saturated carbocycles. The second-order valence-corrected chi connectivity index (χ2v) is 4.41. The number of anilines is 1. The Labute approximate surface area is 90.0 Å². The van der Waals surface area contributed by atoms with E-state index < -0.39 is 0 Å². The van der Waals surface area contributed by atoms with E-state index in [1.807, 2.05) is 6.07 Å². The van der Waals surface area contributed by atoms with Crippen LogP contribution in [0.15, 0.2) is 16.7 Å². The largest absolute Gasteiger partial charge is 0.352 e. The van der Waals surface area contributed by atoms with Gasteiger partial charge in [0.15, 0.2) is 0 Å². The average Bonchev–Trinajstić information content (AvgIpc) is 2.00. The summed E-state index contributed by atoms with van der Waals surface area (Å²) in [7, 11) is 0. The van der Waals surface area contributed by atoms with Gasteiger partial charge < -0.3 is 10.6 Å². The van der Waals surface area contributed by atoms with E-state index >= 15 is 0 Å². The van der Waals surface area contributed by atoms with Crippen molar-refractivity contribution in [3.8, 4) is 0 Å². The highest BCUT2D eigenvalue weighted by molar-refractivity contribution is 9.10. The minimum atomic E-state index is 0.282. The van der Waals surface area contributed by atoms with E-state index in [0.29, 0.717) is 5.02 Å². The zero-order valence-corrected chi connectivity index (χ0v) is 9.22. The zero-order valence-electron chi connectivity index (χ0n) is 6.87. The Balaban J connectivity index is 2.21. The van der Waals surface area contributed by atoms with Crippen molar-refractivity contribution in [2.45, 2.75) is 6.04 Å². The number of pyridine rings is 1. The molecule has 13 heavy (non-hydrogen) atoms. The SMILES string of the molecule is NC1CN(c2ncc(Cl)cc2Br)C1. The highest BCUT2D eigenvalue weighted by atomic mass is 79.9. The lowest BCUT2D eigenvalue weighted by atomic mass is 10.1. The van der Waals surface area contributed by atoms with E-state index in [9.17, 15) is 0 Å². The van der Waals surface area contributed by atoms with Gasteiger partial charge in [-0.2, -0.15) is 0 Å². The monoisotopic (exact) mass is 261 g/mol. The second-order valence-electron chi connectivity index (χ2n) is 3.12. The molecule has 0 aromatic carbocycles. The molecule has 0 bridgehead atoms. The molecule has 1 aliphatic rings. The maximum atomic E-state index is 5.78. The summed E-state index contributed by atoms with van der Waals surface area (Å²) >= 11 is 9.19. The lowest BCUT2D eigenvalue weighted by Gasteiger charge is -2.38. The van der Waals surface area contributed by atoms with Crippen molar-refractivity contribution in [2.24, 2.45) is 5.73 Å². The van der Waals surface area contributed by atoms with E-state index in [-0.39, 0.29) is 6.04 Å². The molecule has 0 spiro atoms. The topological polar surface area (TPSA) is 42.1 Å². The van der Waals surface area contributed by atoms with Gasteiger partial charge in [-0.05, 0) is 22.0 Å². The highest BCUT2D eigenvalue weighted by Crippen LogP contribution is 2.28. The molecular formula is C8H9BrClN3. The fourth-order valence-electron chi connectivity index (χ4n) is 1.33. The number of nitrogens with zero attached hydrogens (tertiary/aromatic N) is 2. The van der Waals surface area contributed by atoms with Gasteiger partial charge in [0.1, 0.15) is 5.82 Å². The molecule has 0 aliphatic carbocycles. The van der Waals surface area contributed by atoms with Crippen molar-refractivity contribution < 1.29 is 0 Å². The van der Waals surface area contributed by atoms with Crippen molar-refractivity contribution in [2.75, 3.05) is 18.0 Å². The van der Waals surface area contributed by atoms with Crippen LogP contribution in [0.3, 0.4) is 0 Å². The van der Waals surface area contributed by atoms with Gasteiger partial charge in [-0.15, -0.1) is 0 Å². The average molecular weight is 263 g/mol. The van der Waals surface area contributed by atoms with Crippen molar-refractivity contribution >= 4 is 33.3 Å². The van der Waals surface area contributed by atoms with Gasteiger partial charge in [0.05, 0.1) is 9.50 Å². The maximum absolute atomic E-state index is 5.78. The predicted octanol–water partition coefficient (Wildman–Crippen LogP) is 1.64. The van der Waals surface area contributed by atoms with Crippen LogP contribution in [0, 0.1) is 0 Å². The first-order valence-corrected chi connectivity index (χ1v) is 5.15. The summed E-state index contributed by atoms with van der Waals surface area (Å²) in [6.45, 7) is 1.74. The van der Waals surface area contributed by atoms with Crippen LogP contribution in [0.4, 0.5) is 5.82 Å². The first-order valence-electron chi connectivity index (χ1n) is 3.98. The summed E-state index contributed by atoms with van der Waals surface area (Å²) in [6, 6.07) is 2.12. The Kier molecular flexibility index (Phi) is 2.45. The molecule has 1 fully saturated rings. The third kappa shape index (κ3) is 1.80. The number of hydrogen-bond donors (Lipinski definition) is 1. The number of nitrogens with two attached hydrogens (primary N) is 1. The fourth-order valence-corrected chi connectivity index (χ4v) is 2.22. The molecule has 2 heterocycles. The molecule has 0 amide bonds. The fraction of sp³-hybridized carbons (Fsp3) is 0.375. The van der Waals surface area contributed by atoms with Gasteiger partial charge in [0.25, 0.3) is 0 Å². The van der Waals surface area contributed by atoms with Crippen LogP contribution in [-0.2, 0) is 0 Å². The number of halogens is 2.